The van der Waals surface area contributed by atoms with E-state index in [-0.39, 0.29) is 17.9 Å². The number of carbonyl (C=O) groups is 1. The second kappa shape index (κ2) is 12.1. The molecule has 39 heavy (non-hydrogen) atoms. The number of likely N-dealkylation sites (tertiary alicyclic amines) is 1. The molecular formula is C31H40N6O2. The third-order valence-corrected chi connectivity index (χ3v) is 7.86. The second-order valence-electron chi connectivity index (χ2n) is 10.8. The van der Waals surface area contributed by atoms with E-state index in [0.717, 1.165) is 77.3 Å². The molecule has 1 aliphatic heterocycles. The van der Waals surface area contributed by atoms with Gasteiger partial charge in [-0.3, -0.25) is 9.89 Å². The molecule has 1 fully saturated rings. The number of hydrogen-bond donors (Lipinski definition) is 2. The zero-order valence-electron chi connectivity index (χ0n) is 23.3. The smallest absolute Gasteiger partial charge is 0.224 e. The molecule has 2 aromatic heterocycles. The number of ether oxygens (including phenoxy) is 1. The average molecular weight is 529 g/mol. The number of aryl methyl sites for hydroxylation is 3. The van der Waals surface area contributed by atoms with E-state index in [0.29, 0.717) is 26.0 Å². The molecule has 0 aliphatic carbocycles. The molecule has 1 amide bonds. The molecule has 8 nitrogen and oxygen atoms in total. The molecule has 0 radical (unpaired) electrons. The third-order valence-electron chi connectivity index (χ3n) is 7.86. The highest BCUT2D eigenvalue weighted by Crippen LogP contribution is 2.30. The van der Waals surface area contributed by atoms with Crippen molar-refractivity contribution in [1.82, 2.24) is 24.6 Å². The molecule has 3 heterocycles. The zero-order chi connectivity index (χ0) is 27.4. The summed E-state index contributed by atoms with van der Waals surface area (Å²) in [7, 11) is 1.74. The number of rotatable bonds is 10. The summed E-state index contributed by atoms with van der Waals surface area (Å²) in [5, 5.41) is 7.35. The molecular weight excluding hydrogens is 488 g/mol. The van der Waals surface area contributed by atoms with Crippen LogP contribution < -0.4 is 5.73 Å². The number of hydrogen-bond acceptors (Lipinski definition) is 5. The van der Waals surface area contributed by atoms with Gasteiger partial charge in [-0.05, 0) is 62.8 Å². The van der Waals surface area contributed by atoms with Crippen LogP contribution in [0.5, 0.6) is 0 Å². The van der Waals surface area contributed by atoms with Crippen molar-refractivity contribution in [2.75, 3.05) is 26.8 Å². The van der Waals surface area contributed by atoms with Gasteiger partial charge < -0.3 is 19.9 Å². The van der Waals surface area contributed by atoms with Crippen molar-refractivity contribution < 1.29 is 9.53 Å². The Balaban J connectivity index is 1.22. The fraction of sp³-hybridized carbons (Fsp3) is 0.452. The van der Waals surface area contributed by atoms with E-state index in [2.05, 4.69) is 57.2 Å². The number of methoxy groups -OCH3 is 1. The van der Waals surface area contributed by atoms with E-state index in [1.807, 2.05) is 24.8 Å². The van der Waals surface area contributed by atoms with Crippen molar-refractivity contribution in [2.45, 2.75) is 64.5 Å². The lowest BCUT2D eigenvalue weighted by atomic mass is 9.95. The molecule has 2 aromatic carbocycles. The third kappa shape index (κ3) is 6.07. The van der Waals surface area contributed by atoms with E-state index >= 15 is 0 Å². The number of piperidine rings is 1. The Morgan fingerprint density at radius 1 is 1.18 bits per heavy atom. The topological polar surface area (TPSA) is 102 Å². The van der Waals surface area contributed by atoms with Crippen LogP contribution in [0.25, 0.3) is 22.2 Å². The van der Waals surface area contributed by atoms with Crippen LogP contribution in [0.15, 0.2) is 48.5 Å². The van der Waals surface area contributed by atoms with Crippen molar-refractivity contribution in [1.29, 1.82) is 0 Å². The minimum atomic E-state index is -0.222. The van der Waals surface area contributed by atoms with E-state index in [1.54, 1.807) is 7.11 Å². The monoisotopic (exact) mass is 528 g/mol. The number of nitrogens with one attached hydrogen (secondary N) is 1. The van der Waals surface area contributed by atoms with Crippen LogP contribution in [0, 0.1) is 13.8 Å². The van der Waals surface area contributed by atoms with Gasteiger partial charge in [0.05, 0.1) is 16.7 Å². The molecule has 0 saturated carbocycles. The number of amides is 1. The summed E-state index contributed by atoms with van der Waals surface area (Å²) in [5.74, 6) is 1.43. The number of nitrogens with zero attached hydrogens (tertiary/aromatic N) is 4. The largest absolute Gasteiger partial charge is 0.385 e. The number of nitrogens with two attached hydrogens (primary N) is 1. The SMILES string of the molecule is COCCCn1c([C@@H]2CCCN(C(=O)C[C@H](N)Cc3ccc(-c4c(C)n[nH]c4C)cc3)C2)nc2ccccc21. The Morgan fingerprint density at radius 3 is 2.72 bits per heavy atom. The van der Waals surface area contributed by atoms with Crippen LogP contribution in [-0.4, -0.2) is 63.4 Å². The number of fused-ring (bicyclic) bond motifs is 1. The minimum absolute atomic E-state index is 0.135. The maximum Gasteiger partial charge on any atom is 0.224 e. The fourth-order valence-electron chi connectivity index (χ4n) is 5.93. The molecule has 206 valence electrons. The molecule has 4 aromatic rings. The summed E-state index contributed by atoms with van der Waals surface area (Å²) in [6.07, 6.45) is 3.95. The van der Waals surface area contributed by atoms with E-state index in [4.69, 9.17) is 15.5 Å². The van der Waals surface area contributed by atoms with Gasteiger partial charge in [-0.2, -0.15) is 5.10 Å². The summed E-state index contributed by atoms with van der Waals surface area (Å²) < 4.78 is 7.62. The highest BCUT2D eigenvalue weighted by atomic mass is 16.5. The average Bonchev–Trinajstić information content (AvgIpc) is 3.48. The highest BCUT2D eigenvalue weighted by molar-refractivity contribution is 5.78. The number of H-pyrrole nitrogens is 1. The van der Waals surface area contributed by atoms with Crippen LogP contribution in [0.2, 0.25) is 0 Å². The number of imidazole rings is 1. The van der Waals surface area contributed by atoms with Crippen molar-refractivity contribution in [3.05, 3.63) is 71.3 Å². The van der Waals surface area contributed by atoms with Gasteiger partial charge in [-0.1, -0.05) is 36.4 Å². The Morgan fingerprint density at radius 2 is 1.97 bits per heavy atom. The second-order valence-corrected chi connectivity index (χ2v) is 10.8. The van der Waals surface area contributed by atoms with Gasteiger partial charge in [0.25, 0.3) is 0 Å². The molecule has 2 atom stereocenters. The lowest BCUT2D eigenvalue weighted by Gasteiger charge is -2.33. The quantitative estimate of drug-likeness (QED) is 0.289. The van der Waals surface area contributed by atoms with Crippen LogP contribution in [-0.2, 0) is 22.5 Å². The van der Waals surface area contributed by atoms with Gasteiger partial charge >= 0.3 is 0 Å². The maximum atomic E-state index is 13.3. The first-order valence-corrected chi connectivity index (χ1v) is 14.0. The van der Waals surface area contributed by atoms with Gasteiger partial charge in [0.1, 0.15) is 5.82 Å². The molecule has 5 rings (SSSR count). The number of benzene rings is 2. The van der Waals surface area contributed by atoms with Crippen LogP contribution in [0.1, 0.15) is 54.4 Å². The van der Waals surface area contributed by atoms with Crippen LogP contribution in [0.4, 0.5) is 0 Å². The van der Waals surface area contributed by atoms with Gasteiger partial charge in [0, 0.05) is 63.0 Å². The lowest BCUT2D eigenvalue weighted by Crippen LogP contribution is -2.42. The highest BCUT2D eigenvalue weighted by Gasteiger charge is 2.29. The molecule has 0 unspecified atom stereocenters. The van der Waals surface area contributed by atoms with Crippen molar-refractivity contribution >= 4 is 16.9 Å². The van der Waals surface area contributed by atoms with Gasteiger partial charge in [0.2, 0.25) is 5.91 Å². The predicted molar refractivity (Wildman–Crippen MR) is 155 cm³/mol. The molecule has 0 spiro atoms. The van der Waals surface area contributed by atoms with Crippen molar-refractivity contribution in [3.8, 4) is 11.1 Å². The first-order valence-electron chi connectivity index (χ1n) is 14.0. The number of para-hydroxylation sites is 2. The fourth-order valence-corrected chi connectivity index (χ4v) is 5.93. The van der Waals surface area contributed by atoms with Gasteiger partial charge in [0.15, 0.2) is 0 Å². The molecule has 3 N–H and O–H groups in total. The Hall–Kier alpha value is -3.49. The number of carbonyl (C=O) groups excluding carboxylic acids is 1. The van der Waals surface area contributed by atoms with Crippen LogP contribution >= 0.6 is 0 Å². The Labute approximate surface area is 230 Å². The summed E-state index contributed by atoms with van der Waals surface area (Å²) in [5.41, 5.74) is 14.1. The van der Waals surface area contributed by atoms with Crippen molar-refractivity contribution in [3.63, 3.8) is 0 Å². The standard InChI is InChI=1S/C31H40N6O2/c1-21-30(22(2)35-34-21)24-13-11-23(12-14-24)18-26(32)19-29(38)36-15-6-8-25(20-36)31-33-27-9-4-5-10-28(27)37(31)16-7-17-39-3/h4-5,9-14,25-26H,6-8,15-20,32H2,1-3H3,(H,34,35)/t25-,26-/m1/s1. The molecule has 0 bridgehead atoms. The molecule has 1 saturated heterocycles. The number of aromatic nitrogens is 4. The van der Waals surface area contributed by atoms with Gasteiger partial charge in [-0.15, -0.1) is 0 Å². The zero-order valence-corrected chi connectivity index (χ0v) is 23.3. The molecule has 1 aliphatic rings. The summed E-state index contributed by atoms with van der Waals surface area (Å²) in [4.78, 5) is 20.3. The summed E-state index contributed by atoms with van der Waals surface area (Å²) >= 11 is 0. The van der Waals surface area contributed by atoms with Crippen molar-refractivity contribution in [2.24, 2.45) is 5.73 Å². The Bertz CT molecular complexity index is 1390. The molecule has 8 heteroatoms. The minimum Gasteiger partial charge on any atom is -0.385 e. The van der Waals surface area contributed by atoms with Gasteiger partial charge in [-0.25, -0.2) is 4.98 Å². The van der Waals surface area contributed by atoms with Crippen LogP contribution in [0.3, 0.4) is 0 Å². The number of aromatic amines is 1. The first kappa shape index (κ1) is 27.1. The van der Waals surface area contributed by atoms with E-state index in [1.165, 1.54) is 0 Å². The summed E-state index contributed by atoms with van der Waals surface area (Å²) in [6.45, 7) is 7.09. The lowest BCUT2D eigenvalue weighted by molar-refractivity contribution is -0.132. The van der Waals surface area contributed by atoms with E-state index < -0.39 is 0 Å². The predicted octanol–water partition coefficient (Wildman–Crippen LogP) is 4.75. The Kier molecular flexibility index (Phi) is 8.43. The maximum absolute atomic E-state index is 13.3. The summed E-state index contributed by atoms with van der Waals surface area (Å²) in [6, 6.07) is 16.5. The normalized spacial score (nSPS) is 16.6. The van der Waals surface area contributed by atoms with E-state index in [9.17, 15) is 4.79 Å². The first-order chi connectivity index (χ1) is 18.9.